The minimum Gasteiger partial charge on any atom is -0.511 e. The van der Waals surface area contributed by atoms with Gasteiger partial charge in [-0.2, -0.15) is 0 Å². The van der Waals surface area contributed by atoms with Crippen LogP contribution in [0.2, 0.25) is 0 Å². The molecule has 1 fully saturated rings. The van der Waals surface area contributed by atoms with Gasteiger partial charge in [0.1, 0.15) is 5.76 Å². The molecule has 0 spiro atoms. The molecule has 0 aromatic heterocycles. The van der Waals surface area contributed by atoms with Crippen molar-refractivity contribution in [1.82, 2.24) is 5.32 Å². The summed E-state index contributed by atoms with van der Waals surface area (Å²) in [5, 5.41) is 25.8. The number of aliphatic imine (C=N–C) groups is 3. The van der Waals surface area contributed by atoms with Gasteiger partial charge in [-0.15, -0.1) is 0 Å². The number of nitrogens with zero attached hydrogens (tertiary/aromatic N) is 3. The summed E-state index contributed by atoms with van der Waals surface area (Å²) in [7, 11) is 1.41. The standard InChI is InChI=1S/C36H42N4O4/c1-16(2)11-23-18(4)25-15-30-33(21(7)41)19(5)27(38-30)13-26-17(3)22(9-10-32(43)44-8)35(39-26)24-12-31(42)34-20(6)28(40-36(24)34)14-29(23)37-25/h13-17,21-22,39,41-42H,9-12H2,1-8H3/t17-,21?,22-/m0/s1. The lowest BCUT2D eigenvalue weighted by Gasteiger charge is -2.17. The average molecular weight is 595 g/mol. The number of rotatable bonds is 6. The Balaban J connectivity index is 1.60. The molecule has 0 saturated carbocycles. The first kappa shape index (κ1) is 30.0. The van der Waals surface area contributed by atoms with E-state index >= 15 is 0 Å². The summed E-state index contributed by atoms with van der Waals surface area (Å²) in [6.07, 6.45) is 7.53. The highest BCUT2D eigenvalue weighted by Crippen LogP contribution is 2.46. The van der Waals surface area contributed by atoms with Crippen molar-refractivity contribution in [3.63, 3.8) is 0 Å². The van der Waals surface area contributed by atoms with E-state index in [0.29, 0.717) is 24.5 Å². The number of hydrogen-bond donors (Lipinski definition) is 3. The third-order valence-corrected chi connectivity index (χ3v) is 9.66. The second-order valence-corrected chi connectivity index (χ2v) is 13.1. The predicted octanol–water partition coefficient (Wildman–Crippen LogP) is 6.63. The SMILES string of the molecule is COC(=O)CC[C@@H]1C2=C3CC(O)=C4C3=NC(=C4C)C=C3N=C(C=C4N=C(C=C(N2)[C@H]1C)C(C)=C4C(C)O)C(C)=C3CC(C)C. The molecule has 44 heavy (non-hydrogen) atoms. The molecule has 230 valence electrons. The number of carbonyl (C=O) groups excluding carboxylic acids is 1. The Morgan fingerprint density at radius 2 is 1.73 bits per heavy atom. The highest BCUT2D eigenvalue weighted by atomic mass is 16.5. The van der Waals surface area contributed by atoms with Gasteiger partial charge in [-0.3, -0.25) is 4.79 Å². The first-order valence-corrected chi connectivity index (χ1v) is 15.6. The van der Waals surface area contributed by atoms with E-state index in [1.165, 1.54) is 12.7 Å². The van der Waals surface area contributed by atoms with Gasteiger partial charge in [0.15, 0.2) is 0 Å². The second-order valence-electron chi connectivity index (χ2n) is 13.1. The Kier molecular flexibility index (Phi) is 7.60. The Morgan fingerprint density at radius 1 is 1.02 bits per heavy atom. The Labute approximate surface area is 259 Å². The molecule has 8 bridgehead atoms. The topological polar surface area (TPSA) is 116 Å². The largest absolute Gasteiger partial charge is 0.511 e. The van der Waals surface area contributed by atoms with E-state index in [1.807, 2.05) is 26.0 Å². The molecule has 6 rings (SSSR count). The van der Waals surface area contributed by atoms with Crippen LogP contribution in [-0.4, -0.2) is 46.5 Å². The summed E-state index contributed by atoms with van der Waals surface area (Å²) in [5.74, 6) is 0.530. The lowest BCUT2D eigenvalue weighted by atomic mass is 9.86. The van der Waals surface area contributed by atoms with Crippen LogP contribution in [0, 0.1) is 17.8 Å². The number of aliphatic hydroxyl groups is 2. The van der Waals surface area contributed by atoms with Crippen LogP contribution in [0.3, 0.4) is 0 Å². The summed E-state index contributed by atoms with van der Waals surface area (Å²) in [6.45, 7) is 14.5. The van der Waals surface area contributed by atoms with Crippen molar-refractivity contribution in [2.24, 2.45) is 32.7 Å². The molecule has 0 aromatic rings. The van der Waals surface area contributed by atoms with Crippen molar-refractivity contribution in [3.05, 3.63) is 91.5 Å². The van der Waals surface area contributed by atoms with Crippen LogP contribution in [0.15, 0.2) is 106 Å². The van der Waals surface area contributed by atoms with Gasteiger partial charge in [-0.25, -0.2) is 15.0 Å². The number of nitrogens with one attached hydrogen (secondary N) is 1. The van der Waals surface area contributed by atoms with Crippen molar-refractivity contribution >= 4 is 23.1 Å². The zero-order chi connectivity index (χ0) is 31.6. The van der Waals surface area contributed by atoms with Crippen LogP contribution >= 0.6 is 0 Å². The van der Waals surface area contributed by atoms with Gasteiger partial charge in [0, 0.05) is 52.8 Å². The van der Waals surface area contributed by atoms with Crippen LogP contribution in [-0.2, 0) is 9.53 Å². The maximum atomic E-state index is 12.2. The van der Waals surface area contributed by atoms with E-state index in [9.17, 15) is 15.0 Å². The van der Waals surface area contributed by atoms with Crippen LogP contribution < -0.4 is 5.32 Å². The molecular formula is C36H42N4O4. The summed E-state index contributed by atoms with van der Waals surface area (Å²) in [6, 6.07) is 0. The number of methoxy groups -OCH3 is 1. The molecule has 8 heteroatoms. The van der Waals surface area contributed by atoms with Gasteiger partial charge < -0.3 is 20.3 Å². The maximum absolute atomic E-state index is 12.2. The van der Waals surface area contributed by atoms with E-state index in [1.54, 1.807) is 6.92 Å². The summed E-state index contributed by atoms with van der Waals surface area (Å²) < 4.78 is 4.98. The number of esters is 1. The molecule has 0 aromatic carbocycles. The lowest BCUT2D eigenvalue weighted by Crippen LogP contribution is -2.16. The first-order chi connectivity index (χ1) is 20.9. The van der Waals surface area contributed by atoms with Gasteiger partial charge in [0.25, 0.3) is 0 Å². The smallest absolute Gasteiger partial charge is 0.305 e. The molecule has 6 aliphatic rings. The van der Waals surface area contributed by atoms with Gasteiger partial charge in [-0.1, -0.05) is 20.8 Å². The Bertz CT molecular complexity index is 1730. The van der Waals surface area contributed by atoms with Crippen molar-refractivity contribution in [2.45, 2.75) is 80.3 Å². The molecule has 1 aliphatic carbocycles. The predicted molar refractivity (Wildman–Crippen MR) is 174 cm³/mol. The van der Waals surface area contributed by atoms with E-state index in [2.05, 4.69) is 39.1 Å². The fourth-order valence-corrected chi connectivity index (χ4v) is 7.25. The highest BCUT2D eigenvalue weighted by molar-refractivity contribution is 6.21. The van der Waals surface area contributed by atoms with Crippen molar-refractivity contribution in [3.8, 4) is 0 Å². The summed E-state index contributed by atoms with van der Waals surface area (Å²) in [4.78, 5) is 27.5. The number of aliphatic hydroxyl groups excluding tert-OH is 2. The minimum absolute atomic E-state index is 0.00840. The summed E-state index contributed by atoms with van der Waals surface area (Å²) in [5.41, 5.74) is 13.4. The quantitative estimate of drug-likeness (QED) is 0.299. The third kappa shape index (κ3) is 4.89. The minimum atomic E-state index is -0.705. The van der Waals surface area contributed by atoms with Crippen LogP contribution in [0.4, 0.5) is 0 Å². The van der Waals surface area contributed by atoms with E-state index in [0.717, 1.165) is 85.5 Å². The number of allylic oxidation sites excluding steroid dienone is 11. The molecule has 5 heterocycles. The van der Waals surface area contributed by atoms with E-state index < -0.39 is 6.10 Å². The van der Waals surface area contributed by atoms with Gasteiger partial charge >= 0.3 is 5.97 Å². The molecule has 0 radical (unpaired) electrons. The number of hydrogen-bond acceptors (Lipinski definition) is 8. The molecule has 5 aliphatic heterocycles. The van der Waals surface area contributed by atoms with Gasteiger partial charge in [0.2, 0.25) is 0 Å². The fraction of sp³-hybridized carbons (Fsp3) is 0.444. The zero-order valence-electron chi connectivity index (χ0n) is 26.9. The van der Waals surface area contributed by atoms with Gasteiger partial charge in [0.05, 0.1) is 47.4 Å². The Morgan fingerprint density at radius 3 is 2.41 bits per heavy atom. The van der Waals surface area contributed by atoms with Crippen LogP contribution in [0.5, 0.6) is 0 Å². The van der Waals surface area contributed by atoms with Crippen molar-refractivity contribution < 1.29 is 19.7 Å². The monoisotopic (exact) mass is 594 g/mol. The average Bonchev–Trinajstić information content (AvgIpc) is 3.71. The van der Waals surface area contributed by atoms with Crippen molar-refractivity contribution in [2.75, 3.05) is 7.11 Å². The zero-order valence-corrected chi connectivity index (χ0v) is 26.9. The number of carbonyl (C=O) groups is 1. The first-order valence-electron chi connectivity index (χ1n) is 15.6. The summed E-state index contributed by atoms with van der Waals surface area (Å²) >= 11 is 0. The lowest BCUT2D eigenvalue weighted by molar-refractivity contribution is -0.140. The van der Waals surface area contributed by atoms with Crippen LogP contribution in [0.25, 0.3) is 0 Å². The molecule has 3 N–H and O–H groups in total. The van der Waals surface area contributed by atoms with Crippen molar-refractivity contribution in [1.29, 1.82) is 0 Å². The normalized spacial score (nSPS) is 25.0. The molecule has 1 saturated heterocycles. The Hall–Kier alpha value is -4.04. The number of ether oxygens (including phenoxy) is 1. The molecule has 0 amide bonds. The van der Waals surface area contributed by atoms with E-state index in [-0.39, 0.29) is 24.2 Å². The fourth-order valence-electron chi connectivity index (χ4n) is 7.25. The highest BCUT2D eigenvalue weighted by Gasteiger charge is 2.41. The molecule has 3 atom stereocenters. The van der Waals surface area contributed by atoms with Crippen LogP contribution in [0.1, 0.15) is 74.1 Å². The third-order valence-electron chi connectivity index (χ3n) is 9.66. The molecule has 1 unspecified atom stereocenters. The molecule has 8 nitrogen and oxygen atoms in total. The number of fused-ring (bicyclic) bond motifs is 5. The second kappa shape index (κ2) is 11.1. The molecular weight excluding hydrogens is 552 g/mol. The van der Waals surface area contributed by atoms with E-state index in [4.69, 9.17) is 19.7 Å². The van der Waals surface area contributed by atoms with Gasteiger partial charge in [-0.05, 0) is 87.0 Å². The maximum Gasteiger partial charge on any atom is 0.305 e.